The number of phenols is 1. The fourth-order valence-corrected chi connectivity index (χ4v) is 6.73. The van der Waals surface area contributed by atoms with Crippen molar-refractivity contribution in [3.8, 4) is 5.75 Å². The molecule has 1 aliphatic rings. The van der Waals surface area contributed by atoms with Gasteiger partial charge in [-0.25, -0.2) is 0 Å². The molecule has 1 N–H and O–H groups in total. The summed E-state index contributed by atoms with van der Waals surface area (Å²) in [6.07, 6.45) is 9.45. The molecule has 0 unspecified atom stereocenters. The standard InChI is InChI=1S/C33H42OS/c1-32(2,3)28-22-25(24-35-29-20-14-6-5-7-15-21-29)31(34)30(23-28)33(4,26-16-10-8-11-17-26)27-18-12-9-13-19-27/h8-13,16-19,22-23,29,34H,5-7,14-15,20-21,24H2,1-4H3. The second-order valence-corrected chi connectivity index (χ2v) is 12.7. The molecule has 0 aromatic heterocycles. The molecular weight excluding hydrogens is 444 g/mol. The molecule has 35 heavy (non-hydrogen) atoms. The molecule has 0 radical (unpaired) electrons. The van der Waals surface area contributed by atoms with Crippen LogP contribution in [0.5, 0.6) is 5.75 Å². The highest BCUT2D eigenvalue weighted by Crippen LogP contribution is 2.46. The van der Waals surface area contributed by atoms with E-state index in [0.29, 0.717) is 11.0 Å². The van der Waals surface area contributed by atoms with Gasteiger partial charge in [-0.05, 0) is 41.9 Å². The molecule has 1 nitrogen and oxygen atoms in total. The van der Waals surface area contributed by atoms with Gasteiger partial charge in [0.15, 0.2) is 0 Å². The zero-order valence-corrected chi connectivity index (χ0v) is 22.8. The average Bonchev–Trinajstić information content (AvgIpc) is 2.84. The van der Waals surface area contributed by atoms with E-state index in [2.05, 4.69) is 112 Å². The summed E-state index contributed by atoms with van der Waals surface area (Å²) in [5.74, 6) is 1.33. The Balaban J connectivity index is 1.80. The van der Waals surface area contributed by atoms with Gasteiger partial charge in [-0.3, -0.25) is 0 Å². The van der Waals surface area contributed by atoms with Crippen LogP contribution in [0.4, 0.5) is 0 Å². The topological polar surface area (TPSA) is 20.2 Å². The molecule has 3 aromatic carbocycles. The minimum atomic E-state index is -0.451. The lowest BCUT2D eigenvalue weighted by Crippen LogP contribution is -2.27. The Bertz CT molecular complexity index is 1030. The number of benzene rings is 3. The molecule has 0 saturated heterocycles. The second-order valence-electron chi connectivity index (χ2n) is 11.4. The molecule has 186 valence electrons. The first-order valence-electron chi connectivity index (χ1n) is 13.4. The predicted molar refractivity (Wildman–Crippen MR) is 153 cm³/mol. The highest BCUT2D eigenvalue weighted by molar-refractivity contribution is 7.99. The summed E-state index contributed by atoms with van der Waals surface area (Å²) < 4.78 is 0. The van der Waals surface area contributed by atoms with E-state index in [0.717, 1.165) is 16.9 Å². The van der Waals surface area contributed by atoms with Gasteiger partial charge in [0.2, 0.25) is 0 Å². The van der Waals surface area contributed by atoms with Gasteiger partial charge in [-0.1, -0.05) is 126 Å². The lowest BCUT2D eigenvalue weighted by molar-refractivity contribution is 0.450. The summed E-state index contributed by atoms with van der Waals surface area (Å²) in [6.45, 7) is 9.09. The third kappa shape index (κ3) is 5.97. The average molecular weight is 487 g/mol. The molecular formula is C33H42OS. The summed E-state index contributed by atoms with van der Waals surface area (Å²) >= 11 is 2.06. The highest BCUT2D eigenvalue weighted by atomic mass is 32.2. The zero-order valence-electron chi connectivity index (χ0n) is 22.0. The molecule has 0 spiro atoms. The number of thioether (sulfide) groups is 1. The van der Waals surface area contributed by atoms with Gasteiger partial charge in [0.05, 0.1) is 0 Å². The van der Waals surface area contributed by atoms with Gasteiger partial charge in [0, 0.05) is 27.5 Å². The maximum atomic E-state index is 11.9. The maximum Gasteiger partial charge on any atom is 0.124 e. The van der Waals surface area contributed by atoms with Crippen molar-refractivity contribution in [3.05, 3.63) is 101 Å². The Kier molecular flexibility index (Phi) is 8.32. The first-order chi connectivity index (χ1) is 16.8. The largest absolute Gasteiger partial charge is 0.507 e. The van der Waals surface area contributed by atoms with Crippen molar-refractivity contribution in [1.82, 2.24) is 0 Å². The van der Waals surface area contributed by atoms with Gasteiger partial charge in [0.1, 0.15) is 5.75 Å². The molecule has 0 amide bonds. The van der Waals surface area contributed by atoms with Gasteiger partial charge < -0.3 is 5.11 Å². The molecule has 0 heterocycles. The minimum Gasteiger partial charge on any atom is -0.507 e. The number of aromatic hydroxyl groups is 1. The smallest absolute Gasteiger partial charge is 0.124 e. The zero-order chi connectivity index (χ0) is 24.9. The van der Waals surface area contributed by atoms with Crippen LogP contribution >= 0.6 is 11.8 Å². The predicted octanol–water partition coefficient (Wildman–Crippen LogP) is 9.39. The number of phenolic OH excluding ortho intramolecular Hbond substituents is 1. The monoisotopic (exact) mass is 486 g/mol. The van der Waals surface area contributed by atoms with E-state index in [1.807, 2.05) is 0 Å². The van der Waals surface area contributed by atoms with Crippen LogP contribution in [0.2, 0.25) is 0 Å². The third-order valence-electron chi connectivity index (χ3n) is 7.82. The fraction of sp³-hybridized carbons (Fsp3) is 0.455. The number of hydrogen-bond acceptors (Lipinski definition) is 2. The third-order valence-corrected chi connectivity index (χ3v) is 9.24. The molecule has 0 atom stereocenters. The summed E-state index contributed by atoms with van der Waals surface area (Å²) in [4.78, 5) is 0. The van der Waals surface area contributed by atoms with Crippen molar-refractivity contribution < 1.29 is 5.11 Å². The van der Waals surface area contributed by atoms with Crippen molar-refractivity contribution in [2.24, 2.45) is 0 Å². The Morgan fingerprint density at radius 3 is 1.74 bits per heavy atom. The summed E-state index contributed by atoms with van der Waals surface area (Å²) in [5, 5.41) is 12.6. The van der Waals surface area contributed by atoms with E-state index < -0.39 is 5.41 Å². The Morgan fingerprint density at radius 2 is 1.23 bits per heavy atom. The van der Waals surface area contributed by atoms with Gasteiger partial charge in [0.25, 0.3) is 0 Å². The molecule has 1 saturated carbocycles. The van der Waals surface area contributed by atoms with Gasteiger partial charge in [-0.15, -0.1) is 0 Å². The molecule has 0 aliphatic heterocycles. The number of rotatable bonds is 6. The SMILES string of the molecule is CC(C)(C)c1cc(CSC2CCCCCCC2)c(O)c(C(C)(c2ccccc2)c2ccccc2)c1. The fourth-order valence-electron chi connectivity index (χ4n) is 5.43. The number of hydrogen-bond donors (Lipinski definition) is 1. The molecule has 2 heteroatoms. The lowest BCUT2D eigenvalue weighted by atomic mass is 9.69. The first kappa shape index (κ1) is 25.9. The van der Waals surface area contributed by atoms with Crippen LogP contribution in [0.1, 0.15) is 100 Å². The summed E-state index contributed by atoms with van der Waals surface area (Å²) in [6, 6.07) is 25.9. The van der Waals surface area contributed by atoms with Crippen molar-refractivity contribution in [3.63, 3.8) is 0 Å². The van der Waals surface area contributed by atoms with E-state index >= 15 is 0 Å². The van der Waals surface area contributed by atoms with Gasteiger partial charge in [-0.2, -0.15) is 11.8 Å². The van der Waals surface area contributed by atoms with Crippen molar-refractivity contribution in [1.29, 1.82) is 0 Å². The van der Waals surface area contributed by atoms with Crippen LogP contribution in [0, 0.1) is 0 Å². The van der Waals surface area contributed by atoms with Crippen molar-refractivity contribution >= 4 is 11.8 Å². The molecule has 3 aromatic rings. The normalized spacial score (nSPS) is 16.0. The molecule has 4 rings (SSSR count). The molecule has 1 fully saturated rings. The van der Waals surface area contributed by atoms with E-state index in [-0.39, 0.29) is 5.41 Å². The minimum absolute atomic E-state index is 0.00358. The summed E-state index contributed by atoms with van der Waals surface area (Å²) in [7, 11) is 0. The van der Waals surface area contributed by atoms with E-state index in [1.54, 1.807) is 0 Å². The highest BCUT2D eigenvalue weighted by Gasteiger charge is 2.35. The molecule has 1 aliphatic carbocycles. The second kappa shape index (κ2) is 11.2. The van der Waals surface area contributed by atoms with Gasteiger partial charge >= 0.3 is 0 Å². The Morgan fingerprint density at radius 1 is 0.714 bits per heavy atom. The van der Waals surface area contributed by atoms with Crippen molar-refractivity contribution in [2.75, 3.05) is 0 Å². The Hall–Kier alpha value is -2.19. The lowest BCUT2D eigenvalue weighted by Gasteiger charge is -2.35. The molecule has 0 bridgehead atoms. The quantitative estimate of drug-likeness (QED) is 0.350. The van der Waals surface area contributed by atoms with E-state index in [4.69, 9.17) is 0 Å². The van der Waals surface area contributed by atoms with E-state index in [1.165, 1.54) is 61.6 Å². The summed E-state index contributed by atoms with van der Waals surface area (Å²) in [5.41, 5.74) is 5.33. The first-order valence-corrected chi connectivity index (χ1v) is 14.4. The van der Waals surface area contributed by atoms with Crippen LogP contribution in [0.3, 0.4) is 0 Å². The maximum absolute atomic E-state index is 11.9. The van der Waals surface area contributed by atoms with Crippen LogP contribution in [-0.2, 0) is 16.6 Å². The van der Waals surface area contributed by atoms with E-state index in [9.17, 15) is 5.11 Å². The Labute approximate surface area is 217 Å². The van der Waals surface area contributed by atoms with Crippen molar-refractivity contribution in [2.45, 2.75) is 94.5 Å². The van der Waals surface area contributed by atoms with Crippen LogP contribution < -0.4 is 0 Å². The van der Waals surface area contributed by atoms with Crippen LogP contribution in [0.15, 0.2) is 72.8 Å². The van der Waals surface area contributed by atoms with Crippen LogP contribution in [-0.4, -0.2) is 10.4 Å². The van der Waals surface area contributed by atoms with Crippen LogP contribution in [0.25, 0.3) is 0 Å².